The van der Waals surface area contributed by atoms with Crippen LogP contribution in [0, 0.1) is 12.7 Å². The van der Waals surface area contributed by atoms with Gasteiger partial charge in [0.2, 0.25) is 10.0 Å². The van der Waals surface area contributed by atoms with Crippen molar-refractivity contribution in [3.63, 3.8) is 0 Å². The van der Waals surface area contributed by atoms with E-state index >= 15 is 4.39 Å². The van der Waals surface area contributed by atoms with Crippen LogP contribution in [0.15, 0.2) is 42.6 Å². The number of halogens is 2. The number of rotatable bonds is 9. The van der Waals surface area contributed by atoms with Crippen molar-refractivity contribution in [1.29, 1.82) is 0 Å². The van der Waals surface area contributed by atoms with Crippen LogP contribution in [0.4, 0.5) is 26.1 Å². The fourth-order valence-electron chi connectivity index (χ4n) is 3.50. The standard InChI is InChI=1S/C22H21F2N7O2S.C4H10O/c1-12-10-13(11-27-20(12)25)22-29-17-7-6-15(28-19(17)21(26)30-22)14-4-2-5-16(18(14)24)31-34(32,33)9-3-8-23;1-3-5-4-2/h2,4-7,10-11,31H,3,8-9H2,1H3,(H2,25,27)(H2,26,29,30);3-4H2,1-2H3. The molecule has 0 aliphatic carbocycles. The number of anilines is 3. The zero-order valence-corrected chi connectivity index (χ0v) is 22.7. The molecule has 0 atom stereocenters. The van der Waals surface area contributed by atoms with Gasteiger partial charge in [-0.25, -0.2) is 32.7 Å². The van der Waals surface area contributed by atoms with Crippen LogP contribution in [0.5, 0.6) is 0 Å². The molecule has 0 saturated heterocycles. The van der Waals surface area contributed by atoms with Crippen molar-refractivity contribution in [2.45, 2.75) is 27.2 Å². The topological polar surface area (TPSA) is 159 Å². The van der Waals surface area contributed by atoms with Gasteiger partial charge in [0.1, 0.15) is 11.3 Å². The van der Waals surface area contributed by atoms with Gasteiger partial charge in [0, 0.05) is 30.5 Å². The van der Waals surface area contributed by atoms with E-state index in [4.69, 9.17) is 16.2 Å². The molecule has 0 radical (unpaired) electrons. The average Bonchev–Trinajstić information content (AvgIpc) is 2.91. The smallest absolute Gasteiger partial charge is 0.232 e. The van der Waals surface area contributed by atoms with E-state index in [-0.39, 0.29) is 34.7 Å². The zero-order chi connectivity index (χ0) is 28.6. The summed E-state index contributed by atoms with van der Waals surface area (Å²) >= 11 is 0. The summed E-state index contributed by atoms with van der Waals surface area (Å²) in [5.41, 5.74) is 14.0. The number of pyridine rings is 2. The number of alkyl halides is 1. The SMILES string of the molecule is CCOCC.Cc1cc(-c2nc(N)c3nc(-c4cccc(NS(=O)(=O)CCCF)c4F)ccc3n2)cnc1N. The number of benzene rings is 1. The molecule has 0 saturated carbocycles. The van der Waals surface area contributed by atoms with E-state index in [0.717, 1.165) is 18.8 Å². The number of nitrogens with two attached hydrogens (primary N) is 2. The van der Waals surface area contributed by atoms with E-state index in [1.165, 1.54) is 18.2 Å². The van der Waals surface area contributed by atoms with Gasteiger partial charge >= 0.3 is 0 Å². The first-order valence-corrected chi connectivity index (χ1v) is 13.8. The van der Waals surface area contributed by atoms with Crippen LogP contribution in [0.25, 0.3) is 33.7 Å². The van der Waals surface area contributed by atoms with Crippen LogP contribution in [0.2, 0.25) is 0 Å². The first-order valence-electron chi connectivity index (χ1n) is 12.2. The highest BCUT2D eigenvalue weighted by Gasteiger charge is 2.18. The lowest BCUT2D eigenvalue weighted by Gasteiger charge is -2.12. The van der Waals surface area contributed by atoms with Crippen molar-refractivity contribution < 1.29 is 21.9 Å². The van der Waals surface area contributed by atoms with Crippen LogP contribution in [-0.4, -0.2) is 54.0 Å². The summed E-state index contributed by atoms with van der Waals surface area (Å²) in [6.45, 7) is 6.69. The molecule has 0 aliphatic rings. The molecule has 3 heterocycles. The third-order valence-electron chi connectivity index (χ3n) is 5.44. The van der Waals surface area contributed by atoms with Crippen LogP contribution in [0.1, 0.15) is 25.8 Å². The van der Waals surface area contributed by atoms with E-state index < -0.39 is 28.3 Å². The maximum atomic E-state index is 15.1. The number of nitrogens with zero attached hydrogens (tertiary/aromatic N) is 4. The van der Waals surface area contributed by atoms with Crippen molar-refractivity contribution in [3.05, 3.63) is 54.0 Å². The Kier molecular flexibility index (Phi) is 10.0. The Labute approximate surface area is 225 Å². The predicted molar refractivity (Wildman–Crippen MR) is 150 cm³/mol. The van der Waals surface area contributed by atoms with Crippen LogP contribution in [-0.2, 0) is 14.8 Å². The van der Waals surface area contributed by atoms with Crippen molar-refractivity contribution in [3.8, 4) is 22.6 Å². The van der Waals surface area contributed by atoms with E-state index in [0.29, 0.717) is 22.7 Å². The predicted octanol–water partition coefficient (Wildman–Crippen LogP) is 4.51. The van der Waals surface area contributed by atoms with Crippen molar-refractivity contribution >= 4 is 38.4 Å². The fraction of sp³-hybridized carbons (Fsp3) is 0.308. The number of hydrogen-bond donors (Lipinski definition) is 3. The lowest BCUT2D eigenvalue weighted by Crippen LogP contribution is -2.18. The Balaban J connectivity index is 0.000000771. The number of aryl methyl sites for hydroxylation is 1. The molecule has 10 nitrogen and oxygen atoms in total. The van der Waals surface area contributed by atoms with Gasteiger partial charge in [-0.1, -0.05) is 6.07 Å². The van der Waals surface area contributed by atoms with Gasteiger partial charge in [-0.05, 0) is 63.1 Å². The highest BCUT2D eigenvalue weighted by Crippen LogP contribution is 2.30. The Hall–Kier alpha value is -3.97. The van der Waals surface area contributed by atoms with Crippen LogP contribution >= 0.6 is 0 Å². The van der Waals surface area contributed by atoms with Crippen molar-refractivity contribution in [2.24, 2.45) is 0 Å². The summed E-state index contributed by atoms with van der Waals surface area (Å²) < 4.78 is 58.6. The minimum Gasteiger partial charge on any atom is -0.383 e. The largest absolute Gasteiger partial charge is 0.383 e. The highest BCUT2D eigenvalue weighted by atomic mass is 32.2. The second-order valence-corrected chi connectivity index (χ2v) is 10.2. The maximum absolute atomic E-state index is 15.1. The number of hydrogen-bond acceptors (Lipinski definition) is 9. The van der Waals surface area contributed by atoms with Crippen LogP contribution in [0.3, 0.4) is 0 Å². The van der Waals surface area contributed by atoms with Gasteiger partial charge in [0.25, 0.3) is 0 Å². The minimum atomic E-state index is -3.90. The van der Waals surface area contributed by atoms with Gasteiger partial charge < -0.3 is 16.2 Å². The summed E-state index contributed by atoms with van der Waals surface area (Å²) in [4.78, 5) is 17.3. The highest BCUT2D eigenvalue weighted by molar-refractivity contribution is 7.92. The molecule has 4 rings (SSSR count). The number of ether oxygens (including phenoxy) is 1. The summed E-state index contributed by atoms with van der Waals surface area (Å²) in [5, 5.41) is 0. The molecule has 4 aromatic rings. The van der Waals surface area contributed by atoms with Crippen LogP contribution < -0.4 is 16.2 Å². The van der Waals surface area contributed by atoms with Gasteiger partial charge in [0.15, 0.2) is 17.5 Å². The summed E-state index contributed by atoms with van der Waals surface area (Å²) in [6.07, 6.45) is 1.36. The van der Waals surface area contributed by atoms with Gasteiger partial charge in [0.05, 0.1) is 29.3 Å². The maximum Gasteiger partial charge on any atom is 0.232 e. The molecule has 0 unspecified atom stereocenters. The van der Waals surface area contributed by atoms with Gasteiger partial charge in [-0.2, -0.15) is 0 Å². The molecule has 5 N–H and O–H groups in total. The van der Waals surface area contributed by atoms with Crippen molar-refractivity contribution in [1.82, 2.24) is 19.9 Å². The monoisotopic (exact) mass is 559 g/mol. The van der Waals surface area contributed by atoms with E-state index in [2.05, 4.69) is 24.7 Å². The first-order chi connectivity index (χ1) is 18.6. The molecular weight excluding hydrogens is 528 g/mol. The lowest BCUT2D eigenvalue weighted by atomic mass is 10.1. The Morgan fingerprint density at radius 1 is 1.03 bits per heavy atom. The van der Waals surface area contributed by atoms with E-state index in [1.807, 2.05) is 20.8 Å². The molecule has 0 aliphatic heterocycles. The molecule has 0 fully saturated rings. The number of sulfonamides is 1. The zero-order valence-electron chi connectivity index (χ0n) is 21.9. The van der Waals surface area contributed by atoms with E-state index in [1.54, 1.807) is 24.4 Å². The number of nitrogens with one attached hydrogen (secondary N) is 1. The summed E-state index contributed by atoms with van der Waals surface area (Å²) in [5.74, 6) is -0.456. The van der Waals surface area contributed by atoms with Gasteiger partial charge in [-0.3, -0.25) is 9.11 Å². The van der Waals surface area contributed by atoms with Crippen molar-refractivity contribution in [2.75, 3.05) is 41.8 Å². The first kappa shape index (κ1) is 29.6. The number of aromatic nitrogens is 4. The third-order valence-corrected chi connectivity index (χ3v) is 6.80. The van der Waals surface area contributed by atoms with Gasteiger partial charge in [-0.15, -0.1) is 0 Å². The molecule has 39 heavy (non-hydrogen) atoms. The normalized spacial score (nSPS) is 11.2. The fourth-order valence-corrected chi connectivity index (χ4v) is 4.58. The Bertz CT molecular complexity index is 1550. The third kappa shape index (κ3) is 7.54. The second-order valence-electron chi connectivity index (χ2n) is 8.33. The number of fused-ring (bicyclic) bond motifs is 1. The molecule has 3 aromatic heterocycles. The molecule has 1 aromatic carbocycles. The van der Waals surface area contributed by atoms with E-state index in [9.17, 15) is 12.8 Å². The number of nitrogen functional groups attached to an aromatic ring is 2. The molecule has 13 heteroatoms. The molecule has 0 amide bonds. The Morgan fingerprint density at radius 2 is 1.77 bits per heavy atom. The molecular formula is C26H31F2N7O3S. The molecule has 208 valence electrons. The lowest BCUT2D eigenvalue weighted by molar-refractivity contribution is 0.162. The Morgan fingerprint density at radius 3 is 2.41 bits per heavy atom. The second kappa shape index (κ2) is 13.2. The summed E-state index contributed by atoms with van der Waals surface area (Å²) in [7, 11) is -3.90. The molecule has 0 spiro atoms. The quantitative estimate of drug-likeness (QED) is 0.268. The molecule has 0 bridgehead atoms. The summed E-state index contributed by atoms with van der Waals surface area (Å²) in [6, 6.07) is 9.17. The minimum absolute atomic E-state index is 0.0504. The average molecular weight is 560 g/mol.